The van der Waals surface area contributed by atoms with Crippen molar-refractivity contribution in [2.45, 2.75) is 19.8 Å². The maximum atomic E-state index is 12.7. The van der Waals surface area contributed by atoms with Crippen molar-refractivity contribution in [1.82, 2.24) is 0 Å². The van der Waals surface area contributed by atoms with Crippen molar-refractivity contribution >= 4 is 11.5 Å². The molecule has 2 aromatic rings. The maximum Gasteiger partial charge on any atom is 0.195 e. The number of hydrogen-bond acceptors (Lipinski definition) is 3. The molecule has 0 saturated carbocycles. The molecule has 0 spiro atoms. The molecule has 1 aliphatic heterocycles. The number of rotatable bonds is 2. The second-order valence-corrected chi connectivity index (χ2v) is 5.14. The molecule has 0 aromatic heterocycles. The Morgan fingerprint density at radius 1 is 1.25 bits per heavy atom. The largest absolute Gasteiger partial charge is 0.493 e. The summed E-state index contributed by atoms with van der Waals surface area (Å²) in [4.78, 5) is 12.7. The fourth-order valence-corrected chi connectivity index (χ4v) is 2.65. The lowest BCUT2D eigenvalue weighted by molar-refractivity contribution is 0.103. The van der Waals surface area contributed by atoms with E-state index in [1.54, 1.807) is 6.07 Å². The third kappa shape index (κ3) is 2.16. The van der Waals surface area contributed by atoms with Crippen molar-refractivity contribution in [1.29, 1.82) is 0 Å². The molecule has 0 fully saturated rings. The van der Waals surface area contributed by atoms with E-state index in [4.69, 9.17) is 10.5 Å². The predicted octanol–water partition coefficient (Wildman–Crippen LogP) is 3.13. The fourth-order valence-electron chi connectivity index (χ4n) is 2.65. The first-order chi connectivity index (χ1) is 9.66. The van der Waals surface area contributed by atoms with Crippen LogP contribution in [0.1, 0.15) is 33.5 Å². The third-order valence-corrected chi connectivity index (χ3v) is 3.70. The van der Waals surface area contributed by atoms with Gasteiger partial charge in [0.15, 0.2) is 5.78 Å². The zero-order chi connectivity index (χ0) is 14.1. The van der Waals surface area contributed by atoms with Crippen molar-refractivity contribution in [3.8, 4) is 5.75 Å². The summed E-state index contributed by atoms with van der Waals surface area (Å²) < 4.78 is 5.58. The third-order valence-electron chi connectivity index (χ3n) is 3.70. The van der Waals surface area contributed by atoms with E-state index in [0.29, 0.717) is 16.8 Å². The summed E-state index contributed by atoms with van der Waals surface area (Å²) in [7, 11) is 0. The Bertz CT molecular complexity index is 656. The Kier molecular flexibility index (Phi) is 3.18. The first-order valence-electron chi connectivity index (χ1n) is 6.82. The topological polar surface area (TPSA) is 52.3 Å². The molecule has 0 unspecified atom stereocenters. The second-order valence-electron chi connectivity index (χ2n) is 5.14. The molecule has 3 nitrogen and oxygen atoms in total. The summed E-state index contributed by atoms with van der Waals surface area (Å²) in [6.07, 6.45) is 1.96. The van der Waals surface area contributed by atoms with Crippen LogP contribution in [0.3, 0.4) is 0 Å². The summed E-state index contributed by atoms with van der Waals surface area (Å²) in [6.45, 7) is 2.66. The Hall–Kier alpha value is -2.29. The quantitative estimate of drug-likeness (QED) is 0.672. The molecule has 0 bridgehead atoms. The molecule has 1 aliphatic rings. The predicted molar refractivity (Wildman–Crippen MR) is 79.3 cm³/mol. The Morgan fingerprint density at radius 3 is 2.90 bits per heavy atom. The van der Waals surface area contributed by atoms with Crippen LogP contribution in [-0.2, 0) is 6.42 Å². The average Bonchev–Trinajstić information content (AvgIpc) is 2.46. The van der Waals surface area contributed by atoms with Crippen LogP contribution in [-0.4, -0.2) is 12.4 Å². The first kappa shape index (κ1) is 12.7. The second kappa shape index (κ2) is 5.00. The molecule has 2 N–H and O–H groups in total. The number of aryl methyl sites for hydroxylation is 2. The van der Waals surface area contributed by atoms with Crippen LogP contribution in [0.5, 0.6) is 5.75 Å². The minimum atomic E-state index is -0.0195. The van der Waals surface area contributed by atoms with Gasteiger partial charge in [0.25, 0.3) is 0 Å². The number of fused-ring (bicyclic) bond motifs is 1. The van der Waals surface area contributed by atoms with E-state index in [2.05, 4.69) is 0 Å². The van der Waals surface area contributed by atoms with E-state index >= 15 is 0 Å². The van der Waals surface area contributed by atoms with Crippen LogP contribution in [0.4, 0.5) is 5.69 Å². The number of nitrogen functional groups attached to an aromatic ring is 1. The Labute approximate surface area is 118 Å². The van der Waals surface area contributed by atoms with Crippen LogP contribution >= 0.6 is 0 Å². The minimum Gasteiger partial charge on any atom is -0.493 e. The van der Waals surface area contributed by atoms with Crippen LogP contribution < -0.4 is 10.5 Å². The summed E-state index contributed by atoms with van der Waals surface area (Å²) in [5, 5.41) is 0. The smallest absolute Gasteiger partial charge is 0.195 e. The van der Waals surface area contributed by atoms with Gasteiger partial charge in [0.05, 0.1) is 6.61 Å². The molecular weight excluding hydrogens is 250 g/mol. The van der Waals surface area contributed by atoms with Crippen LogP contribution in [0, 0.1) is 6.92 Å². The normalized spacial score (nSPS) is 13.4. The zero-order valence-electron chi connectivity index (χ0n) is 11.5. The number of ether oxygens (including phenoxy) is 1. The number of anilines is 1. The van der Waals surface area contributed by atoms with Gasteiger partial charge in [0.2, 0.25) is 0 Å². The van der Waals surface area contributed by atoms with Crippen LogP contribution in [0.15, 0.2) is 36.4 Å². The molecular formula is C17H17NO2. The first-order valence-corrected chi connectivity index (χ1v) is 6.82. The molecule has 3 heteroatoms. The molecule has 0 amide bonds. The standard InChI is InChI=1S/C17H17NO2/c1-11-4-2-6-14(18)16(11)17(19)13-7-8-15-12(10-13)5-3-9-20-15/h2,4,6-8,10H,3,5,9,18H2,1H3. The Morgan fingerprint density at radius 2 is 2.10 bits per heavy atom. The highest BCUT2D eigenvalue weighted by molar-refractivity contribution is 6.13. The zero-order valence-corrected chi connectivity index (χ0v) is 11.5. The van der Waals surface area contributed by atoms with Crippen molar-refractivity contribution in [3.05, 3.63) is 58.7 Å². The highest BCUT2D eigenvalue weighted by atomic mass is 16.5. The van der Waals surface area contributed by atoms with Crippen molar-refractivity contribution < 1.29 is 9.53 Å². The monoisotopic (exact) mass is 267 g/mol. The lowest BCUT2D eigenvalue weighted by atomic mass is 9.95. The summed E-state index contributed by atoms with van der Waals surface area (Å²) in [5.74, 6) is 0.875. The van der Waals surface area contributed by atoms with Gasteiger partial charge in [-0.3, -0.25) is 4.79 Å². The number of ketones is 1. The highest BCUT2D eigenvalue weighted by Crippen LogP contribution is 2.28. The molecule has 0 radical (unpaired) electrons. The number of nitrogens with two attached hydrogens (primary N) is 1. The van der Waals surface area contributed by atoms with Gasteiger partial charge in [-0.1, -0.05) is 12.1 Å². The number of benzene rings is 2. The molecule has 1 heterocycles. The molecule has 0 aliphatic carbocycles. The fraction of sp³-hybridized carbons (Fsp3) is 0.235. The van der Waals surface area contributed by atoms with E-state index in [-0.39, 0.29) is 5.78 Å². The van der Waals surface area contributed by atoms with Crippen molar-refractivity contribution in [3.63, 3.8) is 0 Å². The Balaban J connectivity index is 2.03. The summed E-state index contributed by atoms with van der Waals surface area (Å²) in [6, 6.07) is 11.2. The van der Waals surface area contributed by atoms with Gasteiger partial charge < -0.3 is 10.5 Å². The molecule has 0 atom stereocenters. The van der Waals surface area contributed by atoms with E-state index in [1.165, 1.54) is 0 Å². The van der Waals surface area contributed by atoms with E-state index < -0.39 is 0 Å². The highest BCUT2D eigenvalue weighted by Gasteiger charge is 2.18. The summed E-state index contributed by atoms with van der Waals surface area (Å²) >= 11 is 0. The molecule has 20 heavy (non-hydrogen) atoms. The minimum absolute atomic E-state index is 0.0195. The molecule has 0 saturated heterocycles. The van der Waals surface area contributed by atoms with Crippen molar-refractivity contribution in [2.24, 2.45) is 0 Å². The van der Waals surface area contributed by atoms with Gasteiger partial charge in [-0.2, -0.15) is 0 Å². The lowest BCUT2D eigenvalue weighted by Gasteiger charge is -2.18. The number of hydrogen-bond donors (Lipinski definition) is 1. The van der Waals surface area contributed by atoms with E-state index in [1.807, 2.05) is 37.3 Å². The molecule has 2 aromatic carbocycles. The van der Waals surface area contributed by atoms with Gasteiger partial charge in [-0.05, 0) is 55.2 Å². The van der Waals surface area contributed by atoms with Crippen LogP contribution in [0.25, 0.3) is 0 Å². The average molecular weight is 267 g/mol. The van der Waals surface area contributed by atoms with Crippen molar-refractivity contribution in [2.75, 3.05) is 12.3 Å². The molecule has 102 valence electrons. The van der Waals surface area contributed by atoms with E-state index in [0.717, 1.165) is 36.3 Å². The van der Waals surface area contributed by atoms with Gasteiger partial charge in [0.1, 0.15) is 5.75 Å². The number of carbonyl (C=O) groups is 1. The maximum absolute atomic E-state index is 12.7. The molecule has 3 rings (SSSR count). The van der Waals surface area contributed by atoms with Gasteiger partial charge >= 0.3 is 0 Å². The van der Waals surface area contributed by atoms with E-state index in [9.17, 15) is 4.79 Å². The SMILES string of the molecule is Cc1cccc(N)c1C(=O)c1ccc2c(c1)CCCO2. The van der Waals surface area contributed by atoms with Gasteiger partial charge in [-0.15, -0.1) is 0 Å². The number of carbonyl (C=O) groups excluding carboxylic acids is 1. The lowest BCUT2D eigenvalue weighted by Crippen LogP contribution is -2.11. The van der Waals surface area contributed by atoms with Gasteiger partial charge in [-0.25, -0.2) is 0 Å². The van der Waals surface area contributed by atoms with Gasteiger partial charge in [0, 0.05) is 16.8 Å². The summed E-state index contributed by atoms with van der Waals surface area (Å²) in [5.41, 5.74) is 9.77. The van der Waals surface area contributed by atoms with Crippen LogP contribution in [0.2, 0.25) is 0 Å².